The zero-order chi connectivity index (χ0) is 18.9. The van der Waals surface area contributed by atoms with Crippen molar-refractivity contribution in [2.24, 2.45) is 5.92 Å². The summed E-state index contributed by atoms with van der Waals surface area (Å²) in [7, 11) is 0. The third-order valence-corrected chi connectivity index (χ3v) is 5.57. The first-order valence-electron chi connectivity index (χ1n) is 9.27. The third kappa shape index (κ3) is 3.74. The Morgan fingerprint density at radius 3 is 2.58 bits per heavy atom. The fourth-order valence-corrected chi connectivity index (χ4v) is 4.09. The Bertz CT molecular complexity index is 725. The fourth-order valence-electron chi connectivity index (χ4n) is 4.09. The normalized spacial score (nSPS) is 25.0. The van der Waals surface area contributed by atoms with Crippen LogP contribution in [0.25, 0.3) is 0 Å². The van der Waals surface area contributed by atoms with Crippen molar-refractivity contribution >= 4 is 17.8 Å². The summed E-state index contributed by atoms with van der Waals surface area (Å²) in [4.78, 5) is 38.0. The highest BCUT2D eigenvalue weighted by Crippen LogP contribution is 2.30. The van der Waals surface area contributed by atoms with Gasteiger partial charge in [-0.1, -0.05) is 36.8 Å². The molecule has 0 aromatic heterocycles. The van der Waals surface area contributed by atoms with E-state index in [0.717, 1.165) is 25.9 Å². The minimum absolute atomic E-state index is 0.0582. The van der Waals surface area contributed by atoms with Gasteiger partial charge in [0.25, 0.3) is 5.91 Å². The molecule has 4 amide bonds. The monoisotopic (exact) mass is 357 g/mol. The van der Waals surface area contributed by atoms with E-state index >= 15 is 0 Å². The van der Waals surface area contributed by atoms with Gasteiger partial charge in [-0.25, -0.2) is 4.79 Å². The fraction of sp³-hybridized carbons (Fsp3) is 0.550. The van der Waals surface area contributed by atoms with Crippen molar-refractivity contribution in [1.82, 2.24) is 15.5 Å². The van der Waals surface area contributed by atoms with Crippen LogP contribution in [0.3, 0.4) is 0 Å². The standard InChI is InChI=1S/C20H27N3O3/c1-13-5-4-6-16(11-13)15-7-9-23(10-8-15)17(24)14(2)12-20(3)18(25)21-19(26)22-20/h4-6,11,14-15H,7-10,12H2,1-3H3,(H2,21,22,25,26)/t14?,20-/m1/s1. The molecule has 0 radical (unpaired) electrons. The number of piperidine rings is 1. The van der Waals surface area contributed by atoms with E-state index in [9.17, 15) is 14.4 Å². The highest BCUT2D eigenvalue weighted by Gasteiger charge is 2.44. The van der Waals surface area contributed by atoms with Gasteiger partial charge in [0.1, 0.15) is 5.54 Å². The SMILES string of the molecule is Cc1cccc(C2CCN(C(=O)C(C)C[C@@]3(C)NC(=O)NC3=O)CC2)c1. The van der Waals surface area contributed by atoms with E-state index in [1.165, 1.54) is 11.1 Å². The summed E-state index contributed by atoms with van der Waals surface area (Å²) in [6.45, 7) is 7.06. The molecule has 140 valence electrons. The number of aryl methyl sites for hydroxylation is 1. The van der Waals surface area contributed by atoms with Gasteiger partial charge in [-0.15, -0.1) is 0 Å². The molecule has 6 nitrogen and oxygen atoms in total. The number of likely N-dealkylation sites (tertiary alicyclic amines) is 1. The topological polar surface area (TPSA) is 78.5 Å². The quantitative estimate of drug-likeness (QED) is 0.812. The Morgan fingerprint density at radius 2 is 2.00 bits per heavy atom. The molecule has 1 aromatic carbocycles. The van der Waals surface area contributed by atoms with Crippen LogP contribution in [-0.2, 0) is 9.59 Å². The number of hydrogen-bond donors (Lipinski definition) is 2. The van der Waals surface area contributed by atoms with Crippen molar-refractivity contribution in [3.63, 3.8) is 0 Å². The average molecular weight is 357 g/mol. The zero-order valence-corrected chi connectivity index (χ0v) is 15.7. The van der Waals surface area contributed by atoms with Gasteiger partial charge in [0.15, 0.2) is 0 Å². The first-order valence-corrected chi connectivity index (χ1v) is 9.27. The van der Waals surface area contributed by atoms with E-state index in [1.54, 1.807) is 6.92 Å². The Balaban J connectivity index is 1.56. The molecule has 3 rings (SSSR count). The molecule has 0 saturated carbocycles. The third-order valence-electron chi connectivity index (χ3n) is 5.57. The Kier molecular flexibility index (Phi) is 5.03. The minimum atomic E-state index is -1.01. The van der Waals surface area contributed by atoms with Crippen LogP contribution in [0.4, 0.5) is 4.79 Å². The Morgan fingerprint density at radius 1 is 1.31 bits per heavy atom. The molecular weight excluding hydrogens is 330 g/mol. The molecular formula is C20H27N3O3. The summed E-state index contributed by atoms with van der Waals surface area (Å²) < 4.78 is 0. The van der Waals surface area contributed by atoms with Gasteiger partial charge in [-0.05, 0) is 44.6 Å². The molecule has 0 bridgehead atoms. The van der Waals surface area contributed by atoms with Crippen LogP contribution in [0.2, 0.25) is 0 Å². The largest absolute Gasteiger partial charge is 0.342 e. The number of amides is 4. The van der Waals surface area contributed by atoms with Gasteiger partial charge in [0.2, 0.25) is 5.91 Å². The number of urea groups is 1. The van der Waals surface area contributed by atoms with E-state index in [4.69, 9.17) is 0 Å². The highest BCUT2D eigenvalue weighted by molar-refractivity contribution is 6.07. The van der Waals surface area contributed by atoms with Crippen LogP contribution in [0.15, 0.2) is 24.3 Å². The molecule has 26 heavy (non-hydrogen) atoms. The van der Waals surface area contributed by atoms with Gasteiger partial charge < -0.3 is 10.2 Å². The van der Waals surface area contributed by atoms with Gasteiger partial charge in [-0.2, -0.15) is 0 Å². The van der Waals surface area contributed by atoms with Crippen molar-refractivity contribution < 1.29 is 14.4 Å². The van der Waals surface area contributed by atoms with Crippen LogP contribution in [0.1, 0.15) is 50.2 Å². The van der Waals surface area contributed by atoms with Crippen molar-refractivity contribution in [2.75, 3.05) is 13.1 Å². The second-order valence-electron chi connectivity index (χ2n) is 7.86. The van der Waals surface area contributed by atoms with Crippen molar-refractivity contribution in [3.05, 3.63) is 35.4 Å². The molecule has 6 heteroatoms. The lowest BCUT2D eigenvalue weighted by atomic mass is 9.86. The summed E-state index contributed by atoms with van der Waals surface area (Å²) in [5.74, 6) is -0.130. The van der Waals surface area contributed by atoms with Crippen molar-refractivity contribution in [2.45, 2.75) is 51.5 Å². The second kappa shape index (κ2) is 7.09. The smallest absolute Gasteiger partial charge is 0.322 e. The van der Waals surface area contributed by atoms with Gasteiger partial charge in [0.05, 0.1) is 0 Å². The summed E-state index contributed by atoms with van der Waals surface area (Å²) in [5.41, 5.74) is 1.61. The maximum atomic E-state index is 12.8. The number of hydrogen-bond acceptors (Lipinski definition) is 3. The first-order chi connectivity index (χ1) is 12.3. The molecule has 2 aliphatic heterocycles. The second-order valence-corrected chi connectivity index (χ2v) is 7.86. The summed E-state index contributed by atoms with van der Waals surface area (Å²) in [5, 5.41) is 4.88. The van der Waals surface area contributed by atoms with E-state index in [2.05, 4.69) is 41.8 Å². The van der Waals surface area contributed by atoms with Gasteiger partial charge in [-0.3, -0.25) is 14.9 Å². The molecule has 0 spiro atoms. The summed E-state index contributed by atoms with van der Waals surface area (Å²) >= 11 is 0. The van der Waals surface area contributed by atoms with E-state index < -0.39 is 11.6 Å². The lowest BCUT2D eigenvalue weighted by Gasteiger charge is -2.35. The number of carbonyl (C=O) groups excluding carboxylic acids is 3. The van der Waals surface area contributed by atoms with E-state index in [-0.39, 0.29) is 17.7 Å². The van der Waals surface area contributed by atoms with Crippen LogP contribution >= 0.6 is 0 Å². The summed E-state index contributed by atoms with van der Waals surface area (Å²) in [6, 6.07) is 8.09. The predicted octanol–water partition coefficient (Wildman–Crippen LogP) is 2.33. The van der Waals surface area contributed by atoms with Crippen molar-refractivity contribution in [3.8, 4) is 0 Å². The highest BCUT2D eigenvalue weighted by atomic mass is 16.2. The average Bonchev–Trinajstić information content (AvgIpc) is 2.86. The molecule has 1 unspecified atom stereocenters. The van der Waals surface area contributed by atoms with Crippen LogP contribution in [0.5, 0.6) is 0 Å². The molecule has 2 aliphatic rings. The lowest BCUT2D eigenvalue weighted by molar-refractivity contribution is -0.137. The number of benzene rings is 1. The number of nitrogens with one attached hydrogen (secondary N) is 2. The van der Waals surface area contributed by atoms with Gasteiger partial charge >= 0.3 is 6.03 Å². The van der Waals surface area contributed by atoms with Crippen LogP contribution < -0.4 is 10.6 Å². The molecule has 2 saturated heterocycles. The number of carbonyl (C=O) groups is 3. The molecule has 2 atom stereocenters. The Hall–Kier alpha value is -2.37. The number of rotatable bonds is 4. The summed E-state index contributed by atoms with van der Waals surface area (Å²) in [6.07, 6.45) is 2.22. The molecule has 2 fully saturated rings. The maximum absolute atomic E-state index is 12.8. The molecule has 1 aromatic rings. The molecule has 0 aliphatic carbocycles. The van der Waals surface area contributed by atoms with Crippen LogP contribution in [0, 0.1) is 12.8 Å². The zero-order valence-electron chi connectivity index (χ0n) is 15.7. The minimum Gasteiger partial charge on any atom is -0.342 e. The van der Waals surface area contributed by atoms with Crippen molar-refractivity contribution in [1.29, 1.82) is 0 Å². The lowest BCUT2D eigenvalue weighted by Crippen LogP contribution is -2.48. The molecule has 2 heterocycles. The van der Waals surface area contributed by atoms with E-state index in [0.29, 0.717) is 12.3 Å². The predicted molar refractivity (Wildman–Crippen MR) is 98.6 cm³/mol. The first kappa shape index (κ1) is 18.4. The van der Waals surface area contributed by atoms with E-state index in [1.807, 2.05) is 11.8 Å². The van der Waals surface area contributed by atoms with Crippen LogP contribution in [-0.4, -0.2) is 41.4 Å². The molecule has 2 N–H and O–H groups in total. The van der Waals surface area contributed by atoms with Gasteiger partial charge in [0, 0.05) is 19.0 Å². The number of nitrogens with zero attached hydrogens (tertiary/aromatic N) is 1. The maximum Gasteiger partial charge on any atom is 0.322 e. The number of imide groups is 1. The Labute approximate surface area is 154 Å².